The van der Waals surface area contributed by atoms with Crippen LogP contribution in [0.2, 0.25) is 5.02 Å². The minimum absolute atomic E-state index is 0.0146. The zero-order valence-corrected chi connectivity index (χ0v) is 17.2. The molecule has 0 saturated heterocycles. The molecule has 156 valence electrons. The number of rotatable bonds is 6. The lowest BCUT2D eigenvalue weighted by atomic mass is 10.1. The highest BCUT2D eigenvalue weighted by Gasteiger charge is 2.25. The fraction of sp³-hybridized carbons (Fsp3) is 0.300. The summed E-state index contributed by atoms with van der Waals surface area (Å²) in [6.07, 6.45) is 2.87. The summed E-state index contributed by atoms with van der Waals surface area (Å²) in [6, 6.07) is 5.76. The van der Waals surface area contributed by atoms with Gasteiger partial charge in [-0.25, -0.2) is 9.37 Å². The van der Waals surface area contributed by atoms with Crippen LogP contribution in [0, 0.1) is 17.1 Å². The number of nitrogens with zero attached hydrogens (tertiary/aromatic N) is 4. The second kappa shape index (κ2) is 8.26. The largest absolute Gasteiger partial charge is 0.445 e. The molecule has 3 rings (SSSR count). The van der Waals surface area contributed by atoms with Gasteiger partial charge in [-0.05, 0) is 39.0 Å². The number of carbonyl (C=O) groups is 1. The van der Waals surface area contributed by atoms with E-state index in [1.54, 1.807) is 29.9 Å². The number of amides is 1. The number of oxazole rings is 1. The predicted molar refractivity (Wildman–Crippen MR) is 106 cm³/mol. The van der Waals surface area contributed by atoms with E-state index < -0.39 is 17.3 Å². The molecule has 10 heteroatoms. The van der Waals surface area contributed by atoms with E-state index >= 15 is 0 Å². The number of aromatic nitrogens is 3. The van der Waals surface area contributed by atoms with Gasteiger partial charge < -0.3 is 14.8 Å². The molecule has 2 aromatic heterocycles. The Morgan fingerprint density at radius 1 is 1.50 bits per heavy atom. The van der Waals surface area contributed by atoms with E-state index in [2.05, 4.69) is 15.4 Å². The maximum Gasteiger partial charge on any atom is 0.273 e. The van der Waals surface area contributed by atoms with Crippen molar-refractivity contribution in [1.29, 1.82) is 5.26 Å². The van der Waals surface area contributed by atoms with Crippen LogP contribution in [0.15, 0.2) is 35.1 Å². The van der Waals surface area contributed by atoms with Gasteiger partial charge in [-0.2, -0.15) is 10.4 Å². The summed E-state index contributed by atoms with van der Waals surface area (Å²) in [5.74, 6) is -1.12. The van der Waals surface area contributed by atoms with E-state index in [0.29, 0.717) is 17.8 Å². The zero-order valence-electron chi connectivity index (χ0n) is 16.5. The summed E-state index contributed by atoms with van der Waals surface area (Å²) < 4.78 is 20.7. The van der Waals surface area contributed by atoms with Gasteiger partial charge in [0.05, 0.1) is 17.3 Å². The van der Waals surface area contributed by atoms with Crippen molar-refractivity contribution in [3.8, 4) is 17.3 Å². The Hall–Kier alpha value is -3.22. The Kier molecular flexibility index (Phi) is 5.92. The maximum atomic E-state index is 14.0. The van der Waals surface area contributed by atoms with Crippen molar-refractivity contribution >= 4 is 17.5 Å². The minimum Gasteiger partial charge on any atom is -0.445 e. The number of aliphatic hydroxyl groups is 1. The maximum absolute atomic E-state index is 14.0. The molecule has 0 aliphatic heterocycles. The molecule has 0 saturated carbocycles. The van der Waals surface area contributed by atoms with Crippen LogP contribution >= 0.6 is 11.6 Å². The van der Waals surface area contributed by atoms with Crippen LogP contribution in [0.25, 0.3) is 11.3 Å². The van der Waals surface area contributed by atoms with Gasteiger partial charge >= 0.3 is 0 Å². The summed E-state index contributed by atoms with van der Waals surface area (Å²) in [5, 5.41) is 25.9. The van der Waals surface area contributed by atoms with Crippen LogP contribution < -0.4 is 5.32 Å². The first-order valence-corrected chi connectivity index (χ1v) is 9.38. The fourth-order valence-electron chi connectivity index (χ4n) is 2.73. The highest BCUT2D eigenvalue weighted by atomic mass is 35.5. The Morgan fingerprint density at radius 3 is 2.83 bits per heavy atom. The topological polar surface area (TPSA) is 117 Å². The van der Waals surface area contributed by atoms with Crippen molar-refractivity contribution in [3.05, 3.63) is 58.6 Å². The molecule has 0 unspecified atom stereocenters. The van der Waals surface area contributed by atoms with Gasteiger partial charge in [-0.1, -0.05) is 11.6 Å². The molecule has 1 amide bonds. The number of nitriles is 1. The molecule has 0 radical (unpaired) electrons. The second-order valence-corrected chi connectivity index (χ2v) is 7.73. The summed E-state index contributed by atoms with van der Waals surface area (Å²) in [5.41, 5.74) is -0.526. The van der Waals surface area contributed by atoms with E-state index in [0.717, 1.165) is 0 Å². The minimum atomic E-state index is -1.29. The van der Waals surface area contributed by atoms with Crippen LogP contribution in [0.1, 0.15) is 42.7 Å². The Bertz CT molecular complexity index is 1100. The molecule has 8 nitrogen and oxygen atoms in total. The van der Waals surface area contributed by atoms with Gasteiger partial charge in [0.25, 0.3) is 5.91 Å². The van der Waals surface area contributed by atoms with E-state index in [4.69, 9.17) is 21.3 Å². The normalized spacial score (nSPS) is 12.4. The third-order valence-electron chi connectivity index (χ3n) is 4.19. The summed E-state index contributed by atoms with van der Waals surface area (Å²) in [7, 11) is 0. The molecule has 0 bridgehead atoms. The number of hydrogen-bond acceptors (Lipinski definition) is 6. The Balaban J connectivity index is 1.67. The first kappa shape index (κ1) is 21.5. The van der Waals surface area contributed by atoms with Crippen LogP contribution in [-0.4, -0.2) is 31.8 Å². The second-order valence-electron chi connectivity index (χ2n) is 7.32. The molecule has 2 heterocycles. The highest BCUT2D eigenvalue weighted by molar-refractivity contribution is 6.32. The Morgan fingerprint density at radius 2 is 2.23 bits per heavy atom. The van der Waals surface area contributed by atoms with Crippen LogP contribution in [-0.2, 0) is 12.1 Å². The van der Waals surface area contributed by atoms with E-state index in [1.165, 1.54) is 32.2 Å². The van der Waals surface area contributed by atoms with E-state index in [9.17, 15) is 14.3 Å². The molecule has 3 aromatic rings. The van der Waals surface area contributed by atoms with Crippen molar-refractivity contribution in [1.82, 2.24) is 20.1 Å². The van der Waals surface area contributed by atoms with Crippen molar-refractivity contribution in [2.24, 2.45) is 0 Å². The summed E-state index contributed by atoms with van der Waals surface area (Å²) in [4.78, 5) is 16.3. The molecule has 0 fully saturated rings. The third kappa shape index (κ3) is 4.67. The average molecular weight is 432 g/mol. The van der Waals surface area contributed by atoms with Gasteiger partial charge in [0.2, 0.25) is 5.89 Å². The molecule has 2 N–H and O–H groups in total. The van der Waals surface area contributed by atoms with Crippen molar-refractivity contribution in [2.45, 2.75) is 39.0 Å². The molecule has 0 aliphatic carbocycles. The lowest BCUT2D eigenvalue weighted by Gasteiger charge is -2.13. The first-order chi connectivity index (χ1) is 14.1. The SMILES string of the molecule is C[C@@H](Cn1ccc(-c2cc(F)c(C#N)c(Cl)c2)n1)NC(=O)c1coc(C(C)(C)O)n1. The molecule has 0 aliphatic rings. The molecule has 1 aromatic carbocycles. The fourth-order valence-corrected chi connectivity index (χ4v) is 2.98. The number of nitrogens with one attached hydrogen (secondary N) is 1. The number of halogens is 2. The standard InChI is InChI=1S/C20H19ClFN5O3/c1-11(24-18(28)17-10-30-19(25-17)20(2,3)29)9-27-5-4-16(26-27)12-6-14(21)13(8-23)15(22)7-12/h4-7,10-11,29H,9H2,1-3H3,(H,24,28)/t11-/m0/s1. The van der Waals surface area contributed by atoms with Crippen LogP contribution in [0.3, 0.4) is 0 Å². The van der Waals surface area contributed by atoms with Crippen LogP contribution in [0.5, 0.6) is 0 Å². The molecule has 30 heavy (non-hydrogen) atoms. The Labute approximate surface area is 176 Å². The van der Waals surface area contributed by atoms with Gasteiger partial charge in [0, 0.05) is 17.8 Å². The number of benzene rings is 1. The van der Waals surface area contributed by atoms with Crippen LogP contribution in [0.4, 0.5) is 4.39 Å². The van der Waals surface area contributed by atoms with E-state index in [1.807, 2.05) is 0 Å². The van der Waals surface area contributed by atoms with Gasteiger partial charge in [0.15, 0.2) is 5.69 Å². The number of carbonyl (C=O) groups excluding carboxylic acids is 1. The summed E-state index contributed by atoms with van der Waals surface area (Å²) >= 11 is 5.95. The average Bonchev–Trinajstić information content (AvgIpc) is 3.30. The number of hydrogen-bond donors (Lipinski definition) is 2. The first-order valence-electron chi connectivity index (χ1n) is 9.00. The quantitative estimate of drug-likeness (QED) is 0.618. The molecule has 0 spiro atoms. The lowest BCUT2D eigenvalue weighted by Crippen LogP contribution is -2.36. The highest BCUT2D eigenvalue weighted by Crippen LogP contribution is 2.26. The molecular formula is C20H19ClFN5O3. The molecular weight excluding hydrogens is 413 g/mol. The molecule has 1 atom stereocenters. The van der Waals surface area contributed by atoms with Crippen molar-refractivity contribution < 1.29 is 18.7 Å². The summed E-state index contributed by atoms with van der Waals surface area (Å²) in [6.45, 7) is 5.14. The monoisotopic (exact) mass is 431 g/mol. The van der Waals surface area contributed by atoms with Gasteiger partial charge in [-0.3, -0.25) is 9.48 Å². The van der Waals surface area contributed by atoms with E-state index in [-0.39, 0.29) is 28.2 Å². The lowest BCUT2D eigenvalue weighted by molar-refractivity contribution is 0.0483. The third-order valence-corrected chi connectivity index (χ3v) is 4.49. The van der Waals surface area contributed by atoms with Crippen molar-refractivity contribution in [3.63, 3.8) is 0 Å². The smallest absolute Gasteiger partial charge is 0.273 e. The van der Waals surface area contributed by atoms with Gasteiger partial charge in [-0.15, -0.1) is 0 Å². The van der Waals surface area contributed by atoms with Crippen molar-refractivity contribution in [2.75, 3.05) is 0 Å². The zero-order chi connectivity index (χ0) is 22.1. The van der Waals surface area contributed by atoms with Gasteiger partial charge in [0.1, 0.15) is 29.3 Å². The predicted octanol–water partition coefficient (Wildman–Crippen LogP) is 3.25.